The van der Waals surface area contributed by atoms with Gasteiger partial charge in [-0.25, -0.2) is 0 Å². The lowest BCUT2D eigenvalue weighted by atomic mass is 9.95. The second-order valence-electron chi connectivity index (χ2n) is 6.85. The molecule has 2 aromatic carbocycles. The number of nitrogens with one attached hydrogen (secondary N) is 1. The van der Waals surface area contributed by atoms with E-state index >= 15 is 0 Å². The summed E-state index contributed by atoms with van der Waals surface area (Å²) in [6.45, 7) is 3.00. The van der Waals surface area contributed by atoms with E-state index in [2.05, 4.69) is 22.3 Å². The Bertz CT molecular complexity index is 720. The van der Waals surface area contributed by atoms with Gasteiger partial charge in [-0.2, -0.15) is 0 Å². The third-order valence-electron chi connectivity index (χ3n) is 4.93. The second-order valence-corrected chi connectivity index (χ2v) is 6.85. The van der Waals surface area contributed by atoms with E-state index < -0.39 is 0 Å². The Morgan fingerprint density at radius 3 is 2.54 bits per heavy atom. The van der Waals surface area contributed by atoms with Crippen molar-refractivity contribution in [1.29, 1.82) is 0 Å². The Kier molecular flexibility index (Phi) is 6.39. The van der Waals surface area contributed by atoms with Crippen molar-refractivity contribution in [2.45, 2.75) is 25.1 Å². The minimum atomic E-state index is 0.0260. The van der Waals surface area contributed by atoms with Crippen LogP contribution in [0.2, 0.25) is 0 Å². The van der Waals surface area contributed by atoms with Crippen LogP contribution in [-0.4, -0.2) is 43.6 Å². The first-order chi connectivity index (χ1) is 12.7. The summed E-state index contributed by atoms with van der Waals surface area (Å²) in [6.07, 6.45) is 0. The summed E-state index contributed by atoms with van der Waals surface area (Å²) in [5.41, 5.74) is 9.74. The molecule has 0 unspecified atom stereocenters. The van der Waals surface area contributed by atoms with Gasteiger partial charge in [0.25, 0.3) is 0 Å². The highest BCUT2D eigenvalue weighted by molar-refractivity contribution is 5.78. The Hall–Kier alpha value is -2.21. The third kappa shape index (κ3) is 4.69. The SMILES string of the molecule is COCc1ccccc1CNC(=O)CN1C[C@@H](N)[C@H](c2ccccc2)C1. The largest absolute Gasteiger partial charge is 0.380 e. The van der Waals surface area contributed by atoms with Crippen LogP contribution in [0, 0.1) is 0 Å². The molecule has 0 aliphatic carbocycles. The monoisotopic (exact) mass is 353 g/mol. The van der Waals surface area contributed by atoms with Crippen LogP contribution in [0.25, 0.3) is 0 Å². The highest BCUT2D eigenvalue weighted by atomic mass is 16.5. The molecular formula is C21H27N3O2. The molecule has 2 atom stereocenters. The molecule has 1 heterocycles. The maximum atomic E-state index is 12.4. The first-order valence-electron chi connectivity index (χ1n) is 9.02. The first kappa shape index (κ1) is 18.6. The lowest BCUT2D eigenvalue weighted by Gasteiger charge is -2.16. The molecule has 3 N–H and O–H groups in total. The van der Waals surface area contributed by atoms with E-state index in [1.807, 2.05) is 42.5 Å². The van der Waals surface area contributed by atoms with Crippen LogP contribution in [0.3, 0.4) is 0 Å². The number of carbonyl (C=O) groups is 1. The molecule has 1 aliphatic rings. The number of amides is 1. The molecule has 5 heteroatoms. The van der Waals surface area contributed by atoms with Crippen LogP contribution >= 0.6 is 0 Å². The number of benzene rings is 2. The summed E-state index contributed by atoms with van der Waals surface area (Å²) in [4.78, 5) is 14.5. The van der Waals surface area contributed by atoms with Gasteiger partial charge in [0.15, 0.2) is 0 Å². The predicted octanol–water partition coefficient (Wildman–Crippen LogP) is 1.88. The van der Waals surface area contributed by atoms with E-state index in [1.54, 1.807) is 7.11 Å². The zero-order chi connectivity index (χ0) is 18.4. The third-order valence-corrected chi connectivity index (χ3v) is 4.93. The predicted molar refractivity (Wildman–Crippen MR) is 103 cm³/mol. The summed E-state index contributed by atoms with van der Waals surface area (Å²) in [5.74, 6) is 0.310. The Balaban J connectivity index is 1.51. The van der Waals surface area contributed by atoms with Gasteiger partial charge in [0.05, 0.1) is 13.2 Å². The molecule has 1 amide bonds. The number of hydrogen-bond donors (Lipinski definition) is 2. The van der Waals surface area contributed by atoms with E-state index in [9.17, 15) is 4.79 Å². The molecule has 1 fully saturated rings. The molecule has 5 nitrogen and oxygen atoms in total. The topological polar surface area (TPSA) is 67.6 Å². The van der Waals surface area contributed by atoms with E-state index in [1.165, 1.54) is 5.56 Å². The minimum Gasteiger partial charge on any atom is -0.380 e. The molecule has 1 aliphatic heterocycles. The molecule has 138 valence electrons. The number of methoxy groups -OCH3 is 1. The molecule has 0 radical (unpaired) electrons. The quantitative estimate of drug-likeness (QED) is 0.797. The van der Waals surface area contributed by atoms with Crippen molar-refractivity contribution in [2.75, 3.05) is 26.7 Å². The summed E-state index contributed by atoms with van der Waals surface area (Å²) in [7, 11) is 1.68. The van der Waals surface area contributed by atoms with Gasteiger partial charge in [-0.3, -0.25) is 9.69 Å². The molecule has 0 aromatic heterocycles. The Morgan fingerprint density at radius 1 is 1.12 bits per heavy atom. The summed E-state index contributed by atoms with van der Waals surface area (Å²) >= 11 is 0. The minimum absolute atomic E-state index is 0.0260. The van der Waals surface area contributed by atoms with E-state index in [4.69, 9.17) is 10.5 Å². The highest BCUT2D eigenvalue weighted by Crippen LogP contribution is 2.25. The number of ether oxygens (including phenoxy) is 1. The van der Waals surface area contributed by atoms with Crippen LogP contribution in [0.15, 0.2) is 54.6 Å². The molecular weight excluding hydrogens is 326 g/mol. The number of hydrogen-bond acceptors (Lipinski definition) is 4. The number of nitrogens with two attached hydrogens (primary N) is 1. The average molecular weight is 353 g/mol. The number of likely N-dealkylation sites (tertiary alicyclic amines) is 1. The molecule has 0 saturated carbocycles. The van der Waals surface area contributed by atoms with Gasteiger partial charge in [-0.1, -0.05) is 54.6 Å². The smallest absolute Gasteiger partial charge is 0.234 e. The van der Waals surface area contributed by atoms with Crippen molar-refractivity contribution in [3.63, 3.8) is 0 Å². The fraction of sp³-hybridized carbons (Fsp3) is 0.381. The number of rotatable bonds is 7. The van der Waals surface area contributed by atoms with Crippen molar-refractivity contribution in [1.82, 2.24) is 10.2 Å². The molecule has 0 spiro atoms. The van der Waals surface area contributed by atoms with Gasteiger partial charge in [0.2, 0.25) is 5.91 Å². The molecule has 3 rings (SSSR count). The van der Waals surface area contributed by atoms with Gasteiger partial charge < -0.3 is 15.8 Å². The van der Waals surface area contributed by atoms with Crippen LogP contribution < -0.4 is 11.1 Å². The van der Waals surface area contributed by atoms with E-state index in [0.717, 1.165) is 24.2 Å². The maximum absolute atomic E-state index is 12.4. The first-order valence-corrected chi connectivity index (χ1v) is 9.02. The van der Waals surface area contributed by atoms with Crippen molar-refractivity contribution in [3.8, 4) is 0 Å². The van der Waals surface area contributed by atoms with Crippen molar-refractivity contribution >= 4 is 5.91 Å². The number of carbonyl (C=O) groups excluding carboxylic acids is 1. The average Bonchev–Trinajstić information content (AvgIpc) is 3.02. The van der Waals surface area contributed by atoms with Gasteiger partial charge in [0, 0.05) is 38.7 Å². The van der Waals surface area contributed by atoms with Crippen molar-refractivity contribution < 1.29 is 9.53 Å². The summed E-state index contributed by atoms with van der Waals surface area (Å²) < 4.78 is 5.21. The summed E-state index contributed by atoms with van der Waals surface area (Å²) in [6, 6.07) is 18.4. The molecule has 1 saturated heterocycles. The Morgan fingerprint density at radius 2 is 1.81 bits per heavy atom. The standard InChI is InChI=1S/C21H27N3O2/c1-26-15-18-10-6-5-9-17(18)11-23-21(25)14-24-12-19(20(22)13-24)16-7-3-2-4-8-16/h2-10,19-20H,11-15,22H2,1H3,(H,23,25)/t19-,20+/m0/s1. The molecule has 2 aromatic rings. The van der Waals surface area contributed by atoms with Gasteiger partial charge >= 0.3 is 0 Å². The van der Waals surface area contributed by atoms with Crippen LogP contribution in [0.4, 0.5) is 0 Å². The van der Waals surface area contributed by atoms with E-state index in [-0.39, 0.29) is 17.9 Å². The van der Waals surface area contributed by atoms with Crippen molar-refractivity contribution in [2.24, 2.45) is 5.73 Å². The lowest BCUT2D eigenvalue weighted by Crippen LogP contribution is -2.37. The van der Waals surface area contributed by atoms with Crippen LogP contribution in [-0.2, 0) is 22.7 Å². The maximum Gasteiger partial charge on any atom is 0.234 e. The Labute approximate surface area is 155 Å². The van der Waals surface area contributed by atoms with E-state index in [0.29, 0.717) is 19.7 Å². The fourth-order valence-corrected chi connectivity index (χ4v) is 3.57. The van der Waals surface area contributed by atoms with Gasteiger partial charge in [0.1, 0.15) is 0 Å². The van der Waals surface area contributed by atoms with Gasteiger partial charge in [-0.15, -0.1) is 0 Å². The lowest BCUT2D eigenvalue weighted by molar-refractivity contribution is -0.122. The number of nitrogens with zero attached hydrogens (tertiary/aromatic N) is 1. The van der Waals surface area contributed by atoms with Crippen molar-refractivity contribution in [3.05, 3.63) is 71.3 Å². The van der Waals surface area contributed by atoms with Gasteiger partial charge in [-0.05, 0) is 16.7 Å². The zero-order valence-corrected chi connectivity index (χ0v) is 15.2. The molecule has 26 heavy (non-hydrogen) atoms. The second kappa shape index (κ2) is 8.94. The van der Waals surface area contributed by atoms with Crippen LogP contribution in [0.5, 0.6) is 0 Å². The fourth-order valence-electron chi connectivity index (χ4n) is 3.57. The highest BCUT2D eigenvalue weighted by Gasteiger charge is 2.31. The molecule has 0 bridgehead atoms. The summed E-state index contributed by atoms with van der Waals surface area (Å²) in [5, 5.41) is 3.02. The zero-order valence-electron chi connectivity index (χ0n) is 15.2. The van der Waals surface area contributed by atoms with Crippen LogP contribution in [0.1, 0.15) is 22.6 Å². The normalized spacial score (nSPS) is 20.2.